The molecule has 3 heteroatoms. The van der Waals surface area contributed by atoms with Gasteiger partial charge in [0, 0.05) is 21.2 Å². The molecule has 0 aromatic rings. The average molecular weight is 218 g/mol. The van der Waals surface area contributed by atoms with Gasteiger partial charge in [0.1, 0.15) is 0 Å². The van der Waals surface area contributed by atoms with Crippen molar-refractivity contribution in [1.29, 1.82) is 0 Å². The lowest BCUT2D eigenvalue weighted by Crippen LogP contribution is -1.50. The van der Waals surface area contributed by atoms with Crippen molar-refractivity contribution in [1.82, 2.24) is 0 Å². The predicted octanol–water partition coefficient (Wildman–Crippen LogP) is 1.56. The lowest BCUT2D eigenvalue weighted by Gasteiger charge is -1.68. The number of rotatable bonds is 1. The molecule has 0 rings (SSSR count). The molecule has 0 saturated heterocycles. The first kappa shape index (κ1) is 6.04. The van der Waals surface area contributed by atoms with Crippen LogP contribution in [0.3, 0.4) is 0 Å². The van der Waals surface area contributed by atoms with Crippen LogP contribution in [0, 0.1) is 0 Å². The van der Waals surface area contributed by atoms with E-state index in [2.05, 4.69) is 39.0 Å². The van der Waals surface area contributed by atoms with Crippen LogP contribution in [0.4, 0.5) is 0 Å². The third kappa shape index (κ3) is 5.04. The summed E-state index contributed by atoms with van der Waals surface area (Å²) in [6, 6.07) is 0. The molecule has 0 spiro atoms. The standard InChI is InChI=1S/C2H3IS2/c1-2-5(3)4/h2H,1H2. The van der Waals surface area contributed by atoms with Crippen LogP contribution in [0.2, 0.25) is 0 Å². The fourth-order valence-electron chi connectivity index (χ4n) is 0. The fraction of sp³-hybridized carbons (Fsp3) is 0. The van der Waals surface area contributed by atoms with Crippen molar-refractivity contribution >= 4 is 39.0 Å². The zero-order valence-electron chi connectivity index (χ0n) is 2.48. The lowest BCUT2D eigenvalue weighted by molar-refractivity contribution is 2.69. The van der Waals surface area contributed by atoms with Crippen molar-refractivity contribution in [2.45, 2.75) is 0 Å². The van der Waals surface area contributed by atoms with E-state index in [0.717, 1.165) is 0 Å². The number of halogens is 1. The number of hydrogen-bond donors (Lipinski definition) is 0. The highest BCUT2D eigenvalue weighted by molar-refractivity contribution is 14.2. The Hall–Kier alpha value is 1.04. The third-order valence-corrected chi connectivity index (χ3v) is 1.88. The maximum atomic E-state index is 4.68. The molecule has 1 atom stereocenters. The van der Waals surface area contributed by atoms with E-state index in [-0.39, 0.29) is 6.63 Å². The molecule has 0 N–H and O–H groups in total. The van der Waals surface area contributed by atoms with E-state index < -0.39 is 0 Å². The highest BCUT2D eigenvalue weighted by atomic mass is 127. The van der Waals surface area contributed by atoms with Gasteiger partial charge in [0.25, 0.3) is 0 Å². The quantitative estimate of drug-likeness (QED) is 0.475. The Bertz CT molecular complexity index is 58.7. The molecule has 0 saturated carbocycles. The van der Waals surface area contributed by atoms with Gasteiger partial charge in [-0.05, 0) is 23.2 Å². The van der Waals surface area contributed by atoms with Crippen molar-refractivity contribution in [3.63, 3.8) is 0 Å². The topological polar surface area (TPSA) is 0 Å². The zero-order chi connectivity index (χ0) is 4.28. The molecular weight excluding hydrogens is 215 g/mol. The van der Waals surface area contributed by atoms with Crippen molar-refractivity contribution in [2.75, 3.05) is 0 Å². The molecule has 30 valence electrons. The predicted molar refractivity (Wildman–Crippen MR) is 38.9 cm³/mol. The SMILES string of the molecule is C=CS(=S)I. The van der Waals surface area contributed by atoms with Gasteiger partial charge in [-0.25, -0.2) is 0 Å². The molecule has 0 aliphatic rings. The molecule has 0 radical (unpaired) electrons. The first-order valence-corrected chi connectivity index (χ1v) is 5.72. The van der Waals surface area contributed by atoms with Gasteiger partial charge in [0.2, 0.25) is 0 Å². The maximum Gasteiger partial charge on any atom is 0.00514 e. The van der Waals surface area contributed by atoms with Gasteiger partial charge in [0.15, 0.2) is 0 Å². The summed E-state index contributed by atoms with van der Waals surface area (Å²) in [5, 5.41) is 1.75. The van der Waals surface area contributed by atoms with Crippen LogP contribution in [0.5, 0.6) is 0 Å². The highest BCUT2D eigenvalue weighted by Crippen LogP contribution is 1.91. The largest absolute Gasteiger partial charge is 0.0916 e. The van der Waals surface area contributed by atoms with E-state index in [1.165, 1.54) is 0 Å². The van der Waals surface area contributed by atoms with Gasteiger partial charge in [-0.15, -0.1) is 0 Å². The first-order chi connectivity index (χ1) is 2.27. The van der Waals surface area contributed by atoms with E-state index in [0.29, 0.717) is 0 Å². The van der Waals surface area contributed by atoms with Crippen LogP contribution in [-0.2, 0) is 17.8 Å². The molecule has 0 aliphatic carbocycles. The van der Waals surface area contributed by atoms with Crippen molar-refractivity contribution in [3.05, 3.63) is 12.0 Å². The molecule has 0 bridgehead atoms. The number of hydrogen-bond acceptors (Lipinski definition) is 1. The molecule has 1 unspecified atom stereocenters. The second kappa shape index (κ2) is 3.24. The summed E-state index contributed by atoms with van der Waals surface area (Å²) in [6.45, 7) is 3.46. The summed E-state index contributed by atoms with van der Waals surface area (Å²) in [5.41, 5.74) is 0. The van der Waals surface area contributed by atoms with Gasteiger partial charge in [-0.2, -0.15) is 0 Å². The molecule has 0 aromatic heterocycles. The van der Waals surface area contributed by atoms with Crippen molar-refractivity contribution in [3.8, 4) is 0 Å². The molecule has 0 amide bonds. The molecule has 0 nitrogen and oxygen atoms in total. The Morgan fingerprint density at radius 1 is 2.00 bits per heavy atom. The molecule has 0 aromatic carbocycles. The zero-order valence-corrected chi connectivity index (χ0v) is 6.27. The van der Waals surface area contributed by atoms with E-state index in [1.54, 1.807) is 5.41 Å². The molecular formula is C2H3IS2. The van der Waals surface area contributed by atoms with Crippen LogP contribution < -0.4 is 0 Å². The normalized spacial score (nSPS) is 13.8. The van der Waals surface area contributed by atoms with Crippen LogP contribution in [0.25, 0.3) is 0 Å². The van der Waals surface area contributed by atoms with Crippen LogP contribution >= 0.6 is 21.2 Å². The molecule has 0 fully saturated rings. The van der Waals surface area contributed by atoms with Crippen molar-refractivity contribution in [2.24, 2.45) is 0 Å². The van der Waals surface area contributed by atoms with Crippen LogP contribution in [0.1, 0.15) is 0 Å². The Balaban J connectivity index is 3.20. The minimum atomic E-state index is -0.00531. The minimum Gasteiger partial charge on any atom is -0.0916 e. The van der Waals surface area contributed by atoms with Crippen LogP contribution in [-0.4, -0.2) is 0 Å². The van der Waals surface area contributed by atoms with Gasteiger partial charge >= 0.3 is 0 Å². The van der Waals surface area contributed by atoms with E-state index in [9.17, 15) is 0 Å². The molecule has 0 aliphatic heterocycles. The Labute approximate surface area is 50.8 Å². The summed E-state index contributed by atoms with van der Waals surface area (Å²) in [6.07, 6.45) is 0. The second-order valence-electron chi connectivity index (χ2n) is 0.415. The second-order valence-corrected chi connectivity index (χ2v) is 6.96. The Kier molecular flexibility index (Phi) is 3.91. The smallest absolute Gasteiger partial charge is 0.00514 e. The van der Waals surface area contributed by atoms with Crippen molar-refractivity contribution < 1.29 is 0 Å². The first-order valence-electron chi connectivity index (χ1n) is 0.965. The lowest BCUT2D eigenvalue weighted by atomic mass is 11.3. The third-order valence-electron chi connectivity index (χ3n) is 0.131. The minimum absolute atomic E-state index is 0.00531. The van der Waals surface area contributed by atoms with Crippen LogP contribution in [0.15, 0.2) is 12.0 Å². The van der Waals surface area contributed by atoms with Gasteiger partial charge in [-0.1, -0.05) is 6.58 Å². The van der Waals surface area contributed by atoms with E-state index >= 15 is 0 Å². The maximum absolute atomic E-state index is 4.68. The summed E-state index contributed by atoms with van der Waals surface area (Å²) >= 11 is 6.81. The Morgan fingerprint density at radius 2 is 2.20 bits per heavy atom. The summed E-state index contributed by atoms with van der Waals surface area (Å²) in [4.78, 5) is 0. The summed E-state index contributed by atoms with van der Waals surface area (Å²) in [7, 11) is 0. The van der Waals surface area contributed by atoms with E-state index in [1.807, 2.05) is 0 Å². The van der Waals surface area contributed by atoms with E-state index in [4.69, 9.17) is 0 Å². The van der Waals surface area contributed by atoms with Gasteiger partial charge < -0.3 is 0 Å². The Morgan fingerprint density at radius 3 is 2.20 bits per heavy atom. The monoisotopic (exact) mass is 218 g/mol. The summed E-state index contributed by atoms with van der Waals surface area (Å²) < 4.78 is 0. The molecule has 5 heavy (non-hydrogen) atoms. The average Bonchev–Trinajstić information content (AvgIpc) is 1.38. The molecule has 0 heterocycles. The van der Waals surface area contributed by atoms with Gasteiger partial charge in [0.05, 0.1) is 0 Å². The fourth-order valence-corrected chi connectivity index (χ4v) is 0. The van der Waals surface area contributed by atoms with Gasteiger partial charge in [-0.3, -0.25) is 0 Å². The summed E-state index contributed by atoms with van der Waals surface area (Å²) in [5.74, 6) is 0. The highest BCUT2D eigenvalue weighted by Gasteiger charge is 1.62.